The van der Waals surface area contributed by atoms with Gasteiger partial charge in [0.05, 0.1) is 19.8 Å². The second-order valence-electron chi connectivity index (χ2n) is 5.42. The summed E-state index contributed by atoms with van der Waals surface area (Å²) in [4.78, 5) is 12.6. The molecule has 1 atom stereocenters. The molecular formula is C19H23NO3. The van der Waals surface area contributed by atoms with Crippen LogP contribution in [0.5, 0.6) is 11.5 Å². The van der Waals surface area contributed by atoms with Gasteiger partial charge in [0.2, 0.25) is 0 Å². The molecule has 0 unspecified atom stereocenters. The molecule has 0 saturated carbocycles. The largest absolute Gasteiger partial charge is 0.497 e. The Bertz CT molecular complexity index is 682. The first-order chi connectivity index (χ1) is 11.1. The highest BCUT2D eigenvalue weighted by Crippen LogP contribution is 2.29. The maximum absolute atomic E-state index is 12.6. The lowest BCUT2D eigenvalue weighted by molar-refractivity contribution is 0.102. The topological polar surface area (TPSA) is 47.6 Å². The van der Waals surface area contributed by atoms with Crippen molar-refractivity contribution in [3.8, 4) is 11.5 Å². The van der Waals surface area contributed by atoms with E-state index < -0.39 is 0 Å². The first kappa shape index (κ1) is 16.9. The summed E-state index contributed by atoms with van der Waals surface area (Å²) in [6, 6.07) is 13.1. The SMILES string of the molecule is CC[C@@H](C)c1ccccc1NC(=O)c1ccc(OC)cc1OC. The maximum Gasteiger partial charge on any atom is 0.259 e. The van der Waals surface area contributed by atoms with E-state index in [4.69, 9.17) is 9.47 Å². The number of amides is 1. The first-order valence-corrected chi connectivity index (χ1v) is 7.73. The third kappa shape index (κ3) is 3.83. The van der Waals surface area contributed by atoms with Gasteiger partial charge in [-0.25, -0.2) is 0 Å². The molecule has 2 aromatic rings. The Morgan fingerprint density at radius 2 is 1.87 bits per heavy atom. The normalized spacial score (nSPS) is 11.7. The molecule has 0 saturated heterocycles. The van der Waals surface area contributed by atoms with Crippen LogP contribution in [0.2, 0.25) is 0 Å². The number of para-hydroxylation sites is 1. The second kappa shape index (κ2) is 7.68. The van der Waals surface area contributed by atoms with Crippen molar-refractivity contribution >= 4 is 11.6 Å². The molecule has 1 N–H and O–H groups in total. The minimum atomic E-state index is -0.194. The molecule has 4 nitrogen and oxygen atoms in total. The standard InChI is InChI=1S/C19H23NO3/c1-5-13(2)15-8-6-7-9-17(15)20-19(21)16-11-10-14(22-3)12-18(16)23-4/h6-13H,5H2,1-4H3,(H,20,21)/t13-/m1/s1. The lowest BCUT2D eigenvalue weighted by Crippen LogP contribution is -2.15. The highest BCUT2D eigenvalue weighted by Gasteiger charge is 2.16. The van der Waals surface area contributed by atoms with Gasteiger partial charge in [-0.05, 0) is 36.1 Å². The molecule has 122 valence electrons. The summed E-state index contributed by atoms with van der Waals surface area (Å²) in [5.41, 5.74) is 2.45. The van der Waals surface area contributed by atoms with Crippen LogP contribution >= 0.6 is 0 Å². The summed E-state index contributed by atoms with van der Waals surface area (Å²) in [5, 5.41) is 2.99. The summed E-state index contributed by atoms with van der Waals surface area (Å²) in [5.74, 6) is 1.32. The Morgan fingerprint density at radius 1 is 1.13 bits per heavy atom. The Balaban J connectivity index is 2.30. The molecule has 1 amide bonds. The molecule has 0 radical (unpaired) electrons. The van der Waals surface area contributed by atoms with E-state index >= 15 is 0 Å². The van der Waals surface area contributed by atoms with Gasteiger partial charge in [0.1, 0.15) is 11.5 Å². The van der Waals surface area contributed by atoms with Crippen LogP contribution in [0.4, 0.5) is 5.69 Å². The molecule has 0 heterocycles. The summed E-state index contributed by atoms with van der Waals surface area (Å²) in [7, 11) is 3.12. The number of benzene rings is 2. The zero-order chi connectivity index (χ0) is 16.8. The van der Waals surface area contributed by atoms with Crippen molar-refractivity contribution < 1.29 is 14.3 Å². The monoisotopic (exact) mass is 313 g/mol. The number of nitrogens with one attached hydrogen (secondary N) is 1. The van der Waals surface area contributed by atoms with E-state index in [0.717, 1.165) is 17.7 Å². The van der Waals surface area contributed by atoms with Crippen LogP contribution in [0.25, 0.3) is 0 Å². The number of ether oxygens (including phenoxy) is 2. The number of methoxy groups -OCH3 is 2. The zero-order valence-corrected chi connectivity index (χ0v) is 14.1. The van der Waals surface area contributed by atoms with Crippen LogP contribution in [0.3, 0.4) is 0 Å². The molecule has 0 aromatic heterocycles. The number of carbonyl (C=O) groups is 1. The molecule has 0 aliphatic carbocycles. The third-order valence-corrected chi connectivity index (χ3v) is 4.01. The van der Waals surface area contributed by atoms with Crippen LogP contribution in [-0.4, -0.2) is 20.1 Å². The minimum Gasteiger partial charge on any atom is -0.497 e. The van der Waals surface area contributed by atoms with E-state index in [0.29, 0.717) is 23.0 Å². The van der Waals surface area contributed by atoms with Gasteiger partial charge in [-0.2, -0.15) is 0 Å². The van der Waals surface area contributed by atoms with Gasteiger partial charge < -0.3 is 14.8 Å². The van der Waals surface area contributed by atoms with Gasteiger partial charge in [0.15, 0.2) is 0 Å². The van der Waals surface area contributed by atoms with Gasteiger partial charge in [0.25, 0.3) is 5.91 Å². The second-order valence-corrected chi connectivity index (χ2v) is 5.42. The van der Waals surface area contributed by atoms with Crippen molar-refractivity contribution in [2.45, 2.75) is 26.2 Å². The number of anilines is 1. The molecule has 0 bridgehead atoms. The van der Waals surface area contributed by atoms with Gasteiger partial charge in [-0.15, -0.1) is 0 Å². The predicted molar refractivity (Wildman–Crippen MR) is 92.6 cm³/mol. The maximum atomic E-state index is 12.6. The molecule has 2 aromatic carbocycles. The average molecular weight is 313 g/mol. The fourth-order valence-corrected chi connectivity index (χ4v) is 2.44. The molecule has 0 aliphatic rings. The average Bonchev–Trinajstić information content (AvgIpc) is 2.60. The highest BCUT2D eigenvalue weighted by molar-refractivity contribution is 6.06. The van der Waals surface area contributed by atoms with E-state index in [9.17, 15) is 4.79 Å². The molecule has 23 heavy (non-hydrogen) atoms. The number of carbonyl (C=O) groups excluding carboxylic acids is 1. The molecule has 4 heteroatoms. The fourth-order valence-electron chi connectivity index (χ4n) is 2.44. The lowest BCUT2D eigenvalue weighted by atomic mass is 9.96. The summed E-state index contributed by atoms with van der Waals surface area (Å²) >= 11 is 0. The molecular weight excluding hydrogens is 290 g/mol. The Morgan fingerprint density at radius 3 is 2.52 bits per heavy atom. The lowest BCUT2D eigenvalue weighted by Gasteiger charge is -2.16. The van der Waals surface area contributed by atoms with Crippen molar-refractivity contribution in [1.29, 1.82) is 0 Å². The number of rotatable bonds is 6. The van der Waals surface area contributed by atoms with Gasteiger partial charge in [-0.3, -0.25) is 4.79 Å². The van der Waals surface area contributed by atoms with E-state index in [2.05, 4.69) is 25.2 Å². The van der Waals surface area contributed by atoms with Crippen molar-refractivity contribution in [2.24, 2.45) is 0 Å². The van der Waals surface area contributed by atoms with E-state index in [1.165, 1.54) is 0 Å². The molecule has 0 fully saturated rings. The van der Waals surface area contributed by atoms with Crippen LogP contribution in [-0.2, 0) is 0 Å². The van der Waals surface area contributed by atoms with Gasteiger partial charge in [0, 0.05) is 11.8 Å². The van der Waals surface area contributed by atoms with Gasteiger partial charge in [-0.1, -0.05) is 32.0 Å². The van der Waals surface area contributed by atoms with Crippen LogP contribution < -0.4 is 14.8 Å². The smallest absolute Gasteiger partial charge is 0.259 e. The predicted octanol–water partition coefficient (Wildman–Crippen LogP) is 4.47. The van der Waals surface area contributed by atoms with Crippen molar-refractivity contribution in [3.05, 3.63) is 53.6 Å². The first-order valence-electron chi connectivity index (χ1n) is 7.73. The Kier molecular flexibility index (Phi) is 5.63. The number of hydrogen-bond acceptors (Lipinski definition) is 3. The zero-order valence-electron chi connectivity index (χ0n) is 14.1. The molecule has 0 spiro atoms. The Hall–Kier alpha value is -2.49. The number of hydrogen-bond donors (Lipinski definition) is 1. The summed E-state index contributed by atoms with van der Waals surface area (Å²) < 4.78 is 10.5. The van der Waals surface area contributed by atoms with Crippen molar-refractivity contribution in [1.82, 2.24) is 0 Å². The minimum absolute atomic E-state index is 0.194. The van der Waals surface area contributed by atoms with Crippen LogP contribution in [0.15, 0.2) is 42.5 Å². The van der Waals surface area contributed by atoms with Crippen LogP contribution in [0, 0.1) is 0 Å². The van der Waals surface area contributed by atoms with E-state index in [1.54, 1.807) is 32.4 Å². The quantitative estimate of drug-likeness (QED) is 0.856. The third-order valence-electron chi connectivity index (χ3n) is 4.01. The van der Waals surface area contributed by atoms with Crippen molar-refractivity contribution in [3.63, 3.8) is 0 Å². The fraction of sp³-hybridized carbons (Fsp3) is 0.316. The molecule has 2 rings (SSSR count). The Labute approximate surface area is 137 Å². The summed E-state index contributed by atoms with van der Waals surface area (Å²) in [6.07, 6.45) is 1.01. The highest BCUT2D eigenvalue weighted by atomic mass is 16.5. The van der Waals surface area contributed by atoms with Crippen molar-refractivity contribution in [2.75, 3.05) is 19.5 Å². The van der Waals surface area contributed by atoms with E-state index in [-0.39, 0.29) is 5.91 Å². The molecule has 0 aliphatic heterocycles. The summed E-state index contributed by atoms with van der Waals surface area (Å²) in [6.45, 7) is 4.29. The van der Waals surface area contributed by atoms with Crippen LogP contribution in [0.1, 0.15) is 42.1 Å². The van der Waals surface area contributed by atoms with E-state index in [1.807, 2.05) is 18.2 Å². The van der Waals surface area contributed by atoms with Gasteiger partial charge >= 0.3 is 0 Å².